The molecule has 0 heterocycles. The summed E-state index contributed by atoms with van der Waals surface area (Å²) < 4.78 is 5.59. The molecule has 0 saturated carbocycles. The standard InChI is InChI=1S/C14H16BN2O2/c1-13(2,18)14(3,4)19-15-12-6-5-10(8-16)11(7-12)9-17/h5-7,18H,1-4H3. The normalized spacial score (nSPS) is 11.5. The molecule has 1 aromatic carbocycles. The first-order valence-corrected chi connectivity index (χ1v) is 5.89. The Hall–Kier alpha value is -1.82. The van der Waals surface area contributed by atoms with Gasteiger partial charge in [-0.2, -0.15) is 10.5 Å². The van der Waals surface area contributed by atoms with Gasteiger partial charge in [-0.1, -0.05) is 11.5 Å². The maximum atomic E-state index is 9.97. The van der Waals surface area contributed by atoms with E-state index in [1.54, 1.807) is 45.9 Å². The second kappa shape index (κ2) is 5.44. The molecule has 0 fully saturated rings. The van der Waals surface area contributed by atoms with Gasteiger partial charge in [-0.05, 0) is 39.8 Å². The van der Waals surface area contributed by atoms with Crippen LogP contribution in [0.2, 0.25) is 0 Å². The number of benzene rings is 1. The number of aliphatic hydroxyl groups is 1. The van der Waals surface area contributed by atoms with Crippen molar-refractivity contribution in [2.45, 2.75) is 38.9 Å². The summed E-state index contributed by atoms with van der Waals surface area (Å²) in [5, 5.41) is 27.7. The number of hydrogen-bond donors (Lipinski definition) is 1. The van der Waals surface area contributed by atoms with Gasteiger partial charge in [0.05, 0.1) is 22.3 Å². The van der Waals surface area contributed by atoms with E-state index in [0.717, 1.165) is 0 Å². The van der Waals surface area contributed by atoms with E-state index in [1.165, 1.54) is 7.48 Å². The lowest BCUT2D eigenvalue weighted by Crippen LogP contribution is -2.49. The predicted molar refractivity (Wildman–Crippen MR) is 72.7 cm³/mol. The molecule has 0 spiro atoms. The fourth-order valence-corrected chi connectivity index (χ4v) is 1.18. The molecule has 0 atom stereocenters. The zero-order valence-corrected chi connectivity index (χ0v) is 11.6. The smallest absolute Gasteiger partial charge is 0.330 e. The zero-order valence-electron chi connectivity index (χ0n) is 11.6. The van der Waals surface area contributed by atoms with E-state index in [4.69, 9.17) is 15.2 Å². The third kappa shape index (κ3) is 3.57. The van der Waals surface area contributed by atoms with Crippen LogP contribution in [-0.2, 0) is 4.65 Å². The van der Waals surface area contributed by atoms with Gasteiger partial charge in [0.1, 0.15) is 12.1 Å². The molecule has 0 aliphatic carbocycles. The molecule has 1 radical (unpaired) electrons. The molecule has 19 heavy (non-hydrogen) atoms. The zero-order chi connectivity index (χ0) is 14.7. The minimum absolute atomic E-state index is 0.306. The first-order valence-electron chi connectivity index (χ1n) is 5.89. The average molecular weight is 255 g/mol. The van der Waals surface area contributed by atoms with Crippen LogP contribution in [-0.4, -0.2) is 23.8 Å². The Balaban J connectivity index is 2.87. The maximum Gasteiger partial charge on any atom is 0.330 e. The van der Waals surface area contributed by atoms with E-state index in [-0.39, 0.29) is 0 Å². The molecule has 0 aliphatic heterocycles. The van der Waals surface area contributed by atoms with E-state index in [0.29, 0.717) is 16.6 Å². The number of rotatable bonds is 4. The fraction of sp³-hybridized carbons (Fsp3) is 0.429. The molecule has 0 amide bonds. The molecule has 0 aromatic heterocycles. The first kappa shape index (κ1) is 15.2. The maximum absolute atomic E-state index is 9.97. The molecule has 1 aromatic rings. The van der Waals surface area contributed by atoms with Crippen molar-refractivity contribution in [3.05, 3.63) is 29.3 Å². The Bertz CT molecular complexity index is 548. The minimum atomic E-state index is -1.01. The summed E-state index contributed by atoms with van der Waals surface area (Å²) in [6.07, 6.45) is 0. The van der Waals surface area contributed by atoms with Crippen LogP contribution in [0.25, 0.3) is 0 Å². The van der Waals surface area contributed by atoms with Gasteiger partial charge in [-0.15, -0.1) is 0 Å². The van der Waals surface area contributed by atoms with Crippen LogP contribution in [0.5, 0.6) is 0 Å². The Morgan fingerprint density at radius 2 is 1.68 bits per heavy atom. The molecule has 1 rings (SSSR count). The van der Waals surface area contributed by atoms with Crippen molar-refractivity contribution in [1.82, 2.24) is 0 Å². The van der Waals surface area contributed by atoms with Crippen molar-refractivity contribution < 1.29 is 9.76 Å². The molecule has 97 valence electrons. The van der Waals surface area contributed by atoms with E-state index in [1.807, 2.05) is 12.1 Å². The second-order valence-electron chi connectivity index (χ2n) is 5.33. The Kier molecular flexibility index (Phi) is 4.37. The van der Waals surface area contributed by atoms with Crippen LogP contribution in [0, 0.1) is 22.7 Å². The van der Waals surface area contributed by atoms with Crippen LogP contribution in [0.1, 0.15) is 38.8 Å². The summed E-state index contributed by atoms with van der Waals surface area (Å²) in [5.41, 5.74) is -0.461. The Labute approximate surface area is 114 Å². The molecule has 5 heteroatoms. The third-order valence-corrected chi connectivity index (χ3v) is 3.25. The quantitative estimate of drug-likeness (QED) is 0.821. The van der Waals surface area contributed by atoms with Crippen LogP contribution < -0.4 is 5.46 Å². The highest BCUT2D eigenvalue weighted by Gasteiger charge is 2.35. The minimum Gasteiger partial charge on any atom is -0.427 e. The molecule has 0 unspecified atom stereocenters. The van der Waals surface area contributed by atoms with E-state index in [2.05, 4.69) is 0 Å². The largest absolute Gasteiger partial charge is 0.427 e. The lowest BCUT2D eigenvalue weighted by molar-refractivity contribution is -0.0893. The summed E-state index contributed by atoms with van der Waals surface area (Å²) in [6.45, 7) is 6.89. The lowest BCUT2D eigenvalue weighted by Gasteiger charge is -2.37. The van der Waals surface area contributed by atoms with Crippen LogP contribution >= 0.6 is 0 Å². The Morgan fingerprint density at radius 3 is 2.16 bits per heavy atom. The topological polar surface area (TPSA) is 77.0 Å². The highest BCUT2D eigenvalue weighted by atomic mass is 16.5. The molecule has 0 aliphatic rings. The molecule has 0 saturated heterocycles. The Morgan fingerprint density at radius 1 is 1.11 bits per heavy atom. The summed E-state index contributed by atoms with van der Waals surface area (Å²) >= 11 is 0. The van der Waals surface area contributed by atoms with Gasteiger partial charge in [0.25, 0.3) is 0 Å². The summed E-state index contributed by atoms with van der Waals surface area (Å²) in [4.78, 5) is 0. The molecule has 4 nitrogen and oxygen atoms in total. The summed E-state index contributed by atoms with van der Waals surface area (Å²) in [5.74, 6) is 0. The average Bonchev–Trinajstić information content (AvgIpc) is 2.34. The molecule has 1 N–H and O–H groups in total. The van der Waals surface area contributed by atoms with Crippen molar-refractivity contribution in [2.75, 3.05) is 0 Å². The van der Waals surface area contributed by atoms with Crippen molar-refractivity contribution in [2.24, 2.45) is 0 Å². The lowest BCUT2D eigenvalue weighted by atomic mass is 9.81. The van der Waals surface area contributed by atoms with Crippen molar-refractivity contribution >= 4 is 12.9 Å². The van der Waals surface area contributed by atoms with Crippen LogP contribution in [0.4, 0.5) is 0 Å². The molecular weight excluding hydrogens is 239 g/mol. The van der Waals surface area contributed by atoms with Gasteiger partial charge in [-0.25, -0.2) is 0 Å². The fourth-order valence-electron chi connectivity index (χ4n) is 1.18. The van der Waals surface area contributed by atoms with E-state index < -0.39 is 11.2 Å². The first-order chi connectivity index (χ1) is 8.71. The van der Waals surface area contributed by atoms with E-state index in [9.17, 15) is 5.11 Å². The van der Waals surface area contributed by atoms with Crippen molar-refractivity contribution in [3.8, 4) is 12.1 Å². The highest BCUT2D eigenvalue weighted by Crippen LogP contribution is 2.24. The van der Waals surface area contributed by atoms with Crippen LogP contribution in [0.15, 0.2) is 18.2 Å². The van der Waals surface area contributed by atoms with E-state index >= 15 is 0 Å². The summed E-state index contributed by atoms with van der Waals surface area (Å²) in [7, 11) is 1.49. The monoisotopic (exact) mass is 255 g/mol. The van der Waals surface area contributed by atoms with Gasteiger partial charge in [0.15, 0.2) is 0 Å². The molecular formula is C14H16BN2O2. The van der Waals surface area contributed by atoms with Crippen LogP contribution in [0.3, 0.4) is 0 Å². The number of nitriles is 2. The summed E-state index contributed by atoms with van der Waals surface area (Å²) in [6, 6.07) is 8.77. The van der Waals surface area contributed by atoms with Gasteiger partial charge in [0, 0.05) is 0 Å². The number of nitrogens with zero attached hydrogens (tertiary/aromatic N) is 2. The molecule has 0 bridgehead atoms. The highest BCUT2D eigenvalue weighted by molar-refractivity contribution is 6.47. The van der Waals surface area contributed by atoms with Gasteiger partial charge in [-0.3, -0.25) is 0 Å². The van der Waals surface area contributed by atoms with Gasteiger partial charge < -0.3 is 9.76 Å². The van der Waals surface area contributed by atoms with Crippen molar-refractivity contribution in [1.29, 1.82) is 10.5 Å². The van der Waals surface area contributed by atoms with Crippen molar-refractivity contribution in [3.63, 3.8) is 0 Å². The SMILES string of the molecule is CC(C)(O)C(C)(C)O[B]c1ccc(C#N)c(C#N)c1. The van der Waals surface area contributed by atoms with Gasteiger partial charge in [0.2, 0.25) is 0 Å². The third-order valence-electron chi connectivity index (χ3n) is 3.25. The van der Waals surface area contributed by atoms with Gasteiger partial charge >= 0.3 is 7.48 Å². The second-order valence-corrected chi connectivity index (χ2v) is 5.33. The predicted octanol–water partition coefficient (Wildman–Crippen LogP) is 1.24. The number of hydrogen-bond acceptors (Lipinski definition) is 4.